The Morgan fingerprint density at radius 1 is 1.17 bits per heavy atom. The highest BCUT2D eigenvalue weighted by Crippen LogP contribution is 2.43. The van der Waals surface area contributed by atoms with Gasteiger partial charge in [-0.1, -0.05) is 0 Å². The quantitative estimate of drug-likeness (QED) is 0.306. The molecule has 0 atom stereocenters. The number of benzene rings is 2. The Balaban J connectivity index is 2.09. The summed E-state index contributed by atoms with van der Waals surface area (Å²) in [5.74, 6) is 0.814. The van der Waals surface area contributed by atoms with Crippen molar-refractivity contribution in [2.75, 3.05) is 12.8 Å². The zero-order chi connectivity index (χ0) is 21.4. The lowest BCUT2D eigenvalue weighted by molar-refractivity contribution is -0.384. The summed E-state index contributed by atoms with van der Waals surface area (Å²) in [5, 5.41) is 11.6. The maximum absolute atomic E-state index is 11.9. The molecule has 9 nitrogen and oxygen atoms in total. The van der Waals surface area contributed by atoms with E-state index in [-0.39, 0.29) is 11.5 Å². The van der Waals surface area contributed by atoms with Crippen LogP contribution in [0, 0.1) is 10.1 Å². The van der Waals surface area contributed by atoms with Gasteiger partial charge in [0, 0.05) is 30.3 Å². The number of carbonyl (C=O) groups is 1. The summed E-state index contributed by atoms with van der Waals surface area (Å²) >= 11 is 0. The first-order valence-electron chi connectivity index (χ1n) is 8.93. The Hall–Kier alpha value is -4.27. The van der Waals surface area contributed by atoms with Gasteiger partial charge in [0.15, 0.2) is 6.29 Å². The Morgan fingerprint density at radius 2 is 1.90 bits per heavy atom. The van der Waals surface area contributed by atoms with Crippen LogP contribution in [0.1, 0.15) is 10.4 Å². The van der Waals surface area contributed by atoms with Gasteiger partial charge in [-0.15, -0.1) is 0 Å². The number of ether oxygens (including phenoxy) is 1. The predicted octanol–water partition coefficient (Wildman–Crippen LogP) is 3.61. The van der Waals surface area contributed by atoms with Crippen molar-refractivity contribution in [3.63, 3.8) is 0 Å². The second kappa shape index (κ2) is 7.28. The van der Waals surface area contributed by atoms with Crippen LogP contribution in [0.5, 0.6) is 5.75 Å². The molecule has 0 aliphatic rings. The SMILES string of the molecule is COc1ccc(-c2c(-c3ccc([N+](=O)[O-])cc3)n(C)c3ncnc(N)c23)c(C=O)c1. The normalized spacial score (nSPS) is 10.9. The van der Waals surface area contributed by atoms with Gasteiger partial charge in [0.1, 0.15) is 23.5 Å². The smallest absolute Gasteiger partial charge is 0.269 e. The lowest BCUT2D eigenvalue weighted by Gasteiger charge is -2.11. The summed E-state index contributed by atoms with van der Waals surface area (Å²) in [6.45, 7) is 0. The highest BCUT2D eigenvalue weighted by Gasteiger charge is 2.24. The summed E-state index contributed by atoms with van der Waals surface area (Å²) < 4.78 is 7.07. The van der Waals surface area contributed by atoms with Gasteiger partial charge in [0.25, 0.3) is 5.69 Å². The number of non-ortho nitro benzene ring substituents is 1. The van der Waals surface area contributed by atoms with E-state index in [2.05, 4.69) is 9.97 Å². The topological polar surface area (TPSA) is 126 Å². The van der Waals surface area contributed by atoms with Crippen molar-refractivity contribution in [1.29, 1.82) is 0 Å². The number of aromatic nitrogens is 3. The molecule has 0 saturated heterocycles. The zero-order valence-electron chi connectivity index (χ0n) is 16.2. The number of hydrogen-bond acceptors (Lipinski definition) is 7. The van der Waals surface area contributed by atoms with Gasteiger partial charge in [-0.05, 0) is 41.5 Å². The van der Waals surface area contributed by atoms with Crippen LogP contribution in [0.3, 0.4) is 0 Å². The molecule has 0 unspecified atom stereocenters. The average molecular weight is 403 g/mol. The van der Waals surface area contributed by atoms with Crippen molar-refractivity contribution in [3.05, 3.63) is 64.5 Å². The summed E-state index contributed by atoms with van der Waals surface area (Å²) in [4.78, 5) is 30.9. The van der Waals surface area contributed by atoms with E-state index >= 15 is 0 Å². The van der Waals surface area contributed by atoms with E-state index in [1.165, 1.54) is 25.6 Å². The molecule has 0 saturated carbocycles. The monoisotopic (exact) mass is 403 g/mol. The number of fused-ring (bicyclic) bond motifs is 1. The van der Waals surface area contributed by atoms with Crippen LogP contribution in [-0.2, 0) is 7.05 Å². The molecule has 4 aromatic rings. The molecule has 0 aliphatic heterocycles. The molecule has 150 valence electrons. The molecule has 9 heteroatoms. The third-order valence-electron chi connectivity index (χ3n) is 5.00. The summed E-state index contributed by atoms with van der Waals surface area (Å²) in [5.41, 5.74) is 9.90. The fourth-order valence-electron chi connectivity index (χ4n) is 3.61. The largest absolute Gasteiger partial charge is 0.497 e. The molecule has 0 bridgehead atoms. The van der Waals surface area contributed by atoms with Crippen molar-refractivity contribution in [2.24, 2.45) is 7.05 Å². The van der Waals surface area contributed by atoms with Gasteiger partial charge in [0.05, 0.1) is 23.1 Å². The Labute approximate surface area is 170 Å². The molecule has 0 spiro atoms. The second-order valence-electron chi connectivity index (χ2n) is 6.62. The molecule has 30 heavy (non-hydrogen) atoms. The van der Waals surface area contributed by atoms with Gasteiger partial charge in [0.2, 0.25) is 0 Å². The fourth-order valence-corrected chi connectivity index (χ4v) is 3.61. The highest BCUT2D eigenvalue weighted by atomic mass is 16.6. The van der Waals surface area contributed by atoms with Gasteiger partial charge >= 0.3 is 0 Å². The number of nitro benzene ring substituents is 1. The second-order valence-corrected chi connectivity index (χ2v) is 6.62. The van der Waals surface area contributed by atoms with Crippen molar-refractivity contribution >= 4 is 28.8 Å². The molecular weight excluding hydrogens is 386 g/mol. The molecule has 2 aromatic carbocycles. The van der Waals surface area contributed by atoms with Crippen LogP contribution in [0.25, 0.3) is 33.4 Å². The summed E-state index contributed by atoms with van der Waals surface area (Å²) in [7, 11) is 3.34. The fraction of sp³-hybridized carbons (Fsp3) is 0.0952. The Bertz CT molecular complexity index is 1300. The van der Waals surface area contributed by atoms with Crippen LogP contribution in [-0.4, -0.2) is 32.9 Å². The lowest BCUT2D eigenvalue weighted by atomic mass is 9.95. The molecule has 0 aliphatic carbocycles. The van der Waals surface area contributed by atoms with Crippen molar-refractivity contribution in [1.82, 2.24) is 14.5 Å². The number of carbonyl (C=O) groups excluding carboxylic acids is 1. The number of hydrogen-bond donors (Lipinski definition) is 1. The summed E-state index contributed by atoms with van der Waals surface area (Å²) in [6.07, 6.45) is 2.12. The van der Waals surface area contributed by atoms with Crippen LogP contribution >= 0.6 is 0 Å². The van der Waals surface area contributed by atoms with Gasteiger partial charge in [-0.25, -0.2) is 9.97 Å². The molecule has 2 heterocycles. The van der Waals surface area contributed by atoms with Crippen molar-refractivity contribution < 1.29 is 14.5 Å². The number of nitrogens with zero attached hydrogens (tertiary/aromatic N) is 4. The first-order chi connectivity index (χ1) is 14.5. The minimum Gasteiger partial charge on any atom is -0.497 e. The van der Waals surface area contributed by atoms with Crippen molar-refractivity contribution in [3.8, 4) is 28.1 Å². The maximum atomic E-state index is 11.9. The van der Waals surface area contributed by atoms with Crippen LogP contribution < -0.4 is 10.5 Å². The third-order valence-corrected chi connectivity index (χ3v) is 5.00. The van der Waals surface area contributed by atoms with Gasteiger partial charge in [-0.3, -0.25) is 14.9 Å². The van der Waals surface area contributed by atoms with E-state index in [0.717, 1.165) is 6.29 Å². The summed E-state index contributed by atoms with van der Waals surface area (Å²) in [6, 6.07) is 11.3. The Kier molecular flexibility index (Phi) is 4.63. The van der Waals surface area contributed by atoms with E-state index in [4.69, 9.17) is 10.5 Å². The highest BCUT2D eigenvalue weighted by molar-refractivity contribution is 6.10. The number of nitro groups is 1. The van der Waals surface area contributed by atoms with Gasteiger partial charge in [-0.2, -0.15) is 0 Å². The van der Waals surface area contributed by atoms with Crippen LogP contribution in [0.2, 0.25) is 0 Å². The molecular formula is C21H17N5O4. The standard InChI is InChI=1S/C21H17N5O4/c1-25-19(12-3-5-14(6-4-12)26(28)29)17(18-20(22)23-11-24-21(18)25)16-8-7-15(30-2)9-13(16)10-27/h3-11H,1-2H3,(H2,22,23,24). The first kappa shape index (κ1) is 19.1. The number of aldehydes is 1. The first-order valence-corrected chi connectivity index (χ1v) is 8.93. The van der Waals surface area contributed by atoms with E-state index in [0.29, 0.717) is 44.7 Å². The van der Waals surface area contributed by atoms with Gasteiger partial charge < -0.3 is 15.0 Å². The predicted molar refractivity (Wildman–Crippen MR) is 112 cm³/mol. The number of rotatable bonds is 5. The average Bonchev–Trinajstić information content (AvgIpc) is 3.06. The lowest BCUT2D eigenvalue weighted by Crippen LogP contribution is -1.96. The third kappa shape index (κ3) is 2.93. The number of nitrogens with two attached hydrogens (primary N) is 1. The minimum atomic E-state index is -0.455. The maximum Gasteiger partial charge on any atom is 0.269 e. The molecule has 0 fully saturated rings. The van der Waals surface area contributed by atoms with Crippen LogP contribution in [0.15, 0.2) is 48.8 Å². The molecule has 2 aromatic heterocycles. The minimum absolute atomic E-state index is 0.0172. The molecule has 0 radical (unpaired) electrons. The zero-order valence-corrected chi connectivity index (χ0v) is 16.2. The van der Waals surface area contributed by atoms with Crippen molar-refractivity contribution in [2.45, 2.75) is 0 Å². The molecule has 4 rings (SSSR count). The molecule has 2 N–H and O–H groups in total. The number of methoxy groups -OCH3 is 1. The number of anilines is 1. The number of aryl methyl sites for hydroxylation is 1. The van der Waals surface area contributed by atoms with E-state index in [1.807, 2.05) is 11.6 Å². The molecule has 0 amide bonds. The Morgan fingerprint density at radius 3 is 2.53 bits per heavy atom. The number of nitrogen functional groups attached to an aromatic ring is 1. The van der Waals surface area contributed by atoms with E-state index in [9.17, 15) is 14.9 Å². The van der Waals surface area contributed by atoms with E-state index < -0.39 is 4.92 Å². The van der Waals surface area contributed by atoms with Crippen LogP contribution in [0.4, 0.5) is 11.5 Å². The van der Waals surface area contributed by atoms with E-state index in [1.54, 1.807) is 30.3 Å².